The highest BCUT2D eigenvalue weighted by Gasteiger charge is 2.41. The molecule has 0 radical (unpaired) electrons. The molecule has 0 fully saturated rings. The van der Waals surface area contributed by atoms with E-state index in [1.807, 2.05) is 0 Å². The smallest absolute Gasteiger partial charge is 0.450 e. The van der Waals surface area contributed by atoms with Gasteiger partial charge in [0.1, 0.15) is 6.08 Å². The van der Waals surface area contributed by atoms with Crippen LogP contribution in [0.3, 0.4) is 0 Å². The van der Waals surface area contributed by atoms with E-state index in [0.717, 1.165) is 34.5 Å². The van der Waals surface area contributed by atoms with E-state index in [1.54, 1.807) is 0 Å². The first kappa shape index (κ1) is 17.4. The van der Waals surface area contributed by atoms with Gasteiger partial charge in [-0.15, -0.1) is 0 Å². The van der Waals surface area contributed by atoms with E-state index in [1.165, 1.54) is 0 Å². The molecule has 0 saturated carbocycles. The summed E-state index contributed by atoms with van der Waals surface area (Å²) in [5, 5.41) is 8.61. The maximum Gasteiger partial charge on any atom is 0.510 e. The molecule has 19 heavy (non-hydrogen) atoms. The molecule has 0 heterocycles. The van der Waals surface area contributed by atoms with Gasteiger partial charge in [0.05, 0.1) is 28.4 Å². The van der Waals surface area contributed by atoms with Crippen LogP contribution in [-0.2, 0) is 43.8 Å². The fourth-order valence-electron chi connectivity index (χ4n) is 0.850. The van der Waals surface area contributed by atoms with Crippen molar-refractivity contribution in [2.24, 2.45) is 0 Å². The van der Waals surface area contributed by atoms with Crippen molar-refractivity contribution in [3.8, 4) is 0 Å². The summed E-state index contributed by atoms with van der Waals surface area (Å²) in [4.78, 5) is 45.7. The van der Waals surface area contributed by atoms with Crippen LogP contribution in [0.2, 0.25) is 0 Å². The Morgan fingerprint density at radius 3 is 1.74 bits per heavy atom. The summed E-state index contributed by atoms with van der Waals surface area (Å²) in [5.74, 6) is -2.98. The lowest BCUT2D eigenvalue weighted by molar-refractivity contribution is -0.542. The third-order valence-corrected chi connectivity index (χ3v) is 1.25. The Morgan fingerprint density at radius 1 is 0.947 bits per heavy atom. The van der Waals surface area contributed by atoms with E-state index in [0.29, 0.717) is 0 Å². The third-order valence-electron chi connectivity index (χ3n) is 1.25. The van der Waals surface area contributed by atoms with E-state index >= 15 is 0 Å². The van der Waals surface area contributed by atoms with Gasteiger partial charge in [-0.05, 0) is 0 Å². The van der Waals surface area contributed by atoms with Crippen molar-refractivity contribution < 1.29 is 53.7 Å². The first-order chi connectivity index (χ1) is 9.03. The molecule has 112 valence electrons. The van der Waals surface area contributed by atoms with Gasteiger partial charge in [0.15, 0.2) is 0 Å². The molecular weight excluding hydrogens is 272 g/mol. The Kier molecular flexibility index (Phi) is 8.52. The maximum atomic E-state index is 10.6. The van der Waals surface area contributed by atoms with Crippen LogP contribution in [0.25, 0.3) is 0 Å². The molecule has 0 aromatic heterocycles. The second-order valence-electron chi connectivity index (χ2n) is 2.43. The fourth-order valence-corrected chi connectivity index (χ4v) is 0.850. The molecule has 0 amide bonds. The van der Waals surface area contributed by atoms with Gasteiger partial charge in [0, 0.05) is 0 Å². The lowest BCUT2D eigenvalue weighted by Gasteiger charge is -2.24. The largest absolute Gasteiger partial charge is 0.510 e. The van der Waals surface area contributed by atoms with Crippen molar-refractivity contribution in [2.75, 3.05) is 28.4 Å². The molecule has 0 rings (SSSR count). The van der Waals surface area contributed by atoms with E-state index in [2.05, 4.69) is 43.8 Å². The van der Waals surface area contributed by atoms with Gasteiger partial charge in [0.2, 0.25) is 0 Å². The minimum Gasteiger partial charge on any atom is -0.450 e. The highest BCUT2D eigenvalue weighted by Crippen LogP contribution is 2.21. The van der Waals surface area contributed by atoms with E-state index in [9.17, 15) is 4.79 Å². The molecule has 0 aliphatic carbocycles. The van der Waals surface area contributed by atoms with Crippen molar-refractivity contribution in [2.45, 2.75) is 5.97 Å². The lowest BCUT2D eigenvalue weighted by Crippen LogP contribution is -2.39. The van der Waals surface area contributed by atoms with Gasteiger partial charge in [0.25, 0.3) is 0 Å². The predicted molar refractivity (Wildman–Crippen MR) is 52.3 cm³/mol. The summed E-state index contributed by atoms with van der Waals surface area (Å²) >= 11 is 0. The van der Waals surface area contributed by atoms with Crippen LogP contribution in [-0.4, -0.2) is 45.7 Å². The van der Waals surface area contributed by atoms with Crippen molar-refractivity contribution in [1.82, 2.24) is 0 Å². The predicted octanol–water partition coefficient (Wildman–Crippen LogP) is 0.488. The molecule has 0 unspecified atom stereocenters. The molecule has 11 heteroatoms. The van der Waals surface area contributed by atoms with Crippen molar-refractivity contribution in [3.63, 3.8) is 0 Å². The van der Waals surface area contributed by atoms with Crippen molar-refractivity contribution in [1.29, 1.82) is 0 Å². The van der Waals surface area contributed by atoms with Crippen LogP contribution < -0.4 is 0 Å². The summed E-state index contributed by atoms with van der Waals surface area (Å²) in [6, 6.07) is 0. The Balaban J connectivity index is 5.23. The van der Waals surface area contributed by atoms with Gasteiger partial charge >= 0.3 is 18.1 Å². The number of rotatable bonds is 10. The standard InChI is InChI=1S/C8H14O11/c1-11-16-6(17-12-2)5-8(18-13-3,19-14-4)15-7(9)10/h5H,1-4H3,(H,9,10). The molecule has 0 spiro atoms. The normalized spacial score (nSPS) is 10.7. The molecule has 0 aliphatic rings. The molecule has 11 nitrogen and oxygen atoms in total. The van der Waals surface area contributed by atoms with Crippen LogP contribution in [0.15, 0.2) is 12.0 Å². The first-order valence-corrected chi connectivity index (χ1v) is 4.53. The van der Waals surface area contributed by atoms with E-state index in [4.69, 9.17) is 5.11 Å². The second kappa shape index (κ2) is 9.32. The topological polar surface area (TPSA) is 120 Å². The summed E-state index contributed by atoms with van der Waals surface area (Å²) in [6.45, 7) is 0. The Bertz CT molecular complexity index is 274. The van der Waals surface area contributed by atoms with Crippen molar-refractivity contribution in [3.05, 3.63) is 12.0 Å². The minimum atomic E-state index is -2.47. The van der Waals surface area contributed by atoms with Crippen LogP contribution in [0.5, 0.6) is 0 Å². The minimum absolute atomic E-state index is 0.514. The van der Waals surface area contributed by atoms with Gasteiger partial charge in [-0.25, -0.2) is 14.6 Å². The number of ether oxygens (including phenoxy) is 1. The summed E-state index contributed by atoms with van der Waals surface area (Å²) in [6.07, 6.45) is -1.04. The Labute approximate surface area is 107 Å². The van der Waals surface area contributed by atoms with E-state index in [-0.39, 0.29) is 0 Å². The van der Waals surface area contributed by atoms with Crippen LogP contribution in [0.4, 0.5) is 4.79 Å². The molecule has 0 aliphatic heterocycles. The monoisotopic (exact) mass is 286 g/mol. The number of carboxylic acid groups (broad SMARTS) is 1. The highest BCUT2D eigenvalue weighted by atomic mass is 17.3. The molecule has 0 bridgehead atoms. The van der Waals surface area contributed by atoms with Gasteiger partial charge < -0.3 is 9.84 Å². The second-order valence-corrected chi connectivity index (χ2v) is 2.43. The van der Waals surface area contributed by atoms with Gasteiger partial charge in [-0.3, -0.25) is 9.78 Å². The summed E-state index contributed by atoms with van der Waals surface area (Å²) < 4.78 is 4.32. The summed E-state index contributed by atoms with van der Waals surface area (Å²) in [5.41, 5.74) is 0. The molecule has 1 N–H and O–H groups in total. The lowest BCUT2D eigenvalue weighted by atomic mass is 10.5. The van der Waals surface area contributed by atoms with E-state index < -0.39 is 18.1 Å². The first-order valence-electron chi connectivity index (χ1n) is 4.53. The average molecular weight is 286 g/mol. The number of hydrogen-bond donors (Lipinski definition) is 1. The quantitative estimate of drug-likeness (QED) is 0.198. The van der Waals surface area contributed by atoms with Crippen LogP contribution in [0.1, 0.15) is 0 Å². The van der Waals surface area contributed by atoms with Gasteiger partial charge in [-0.2, -0.15) is 19.6 Å². The molecule has 0 aromatic carbocycles. The highest BCUT2D eigenvalue weighted by molar-refractivity contribution is 5.57. The zero-order valence-corrected chi connectivity index (χ0v) is 10.6. The maximum absolute atomic E-state index is 10.6. The van der Waals surface area contributed by atoms with Crippen molar-refractivity contribution >= 4 is 6.16 Å². The average Bonchev–Trinajstić information content (AvgIpc) is 2.29. The van der Waals surface area contributed by atoms with Gasteiger partial charge in [-0.1, -0.05) is 0 Å². The zero-order valence-electron chi connectivity index (χ0n) is 10.6. The molecule has 0 saturated heterocycles. The molecule has 0 aromatic rings. The Morgan fingerprint density at radius 2 is 1.42 bits per heavy atom. The zero-order chi connectivity index (χ0) is 14.7. The third kappa shape index (κ3) is 6.76. The Hall–Kier alpha value is -1.63. The van der Waals surface area contributed by atoms with Crippen LogP contribution >= 0.6 is 0 Å². The molecule has 0 atom stereocenters. The number of hydrogen-bond acceptors (Lipinski definition) is 10. The summed E-state index contributed by atoms with van der Waals surface area (Å²) in [7, 11) is 4.45. The fraction of sp³-hybridized carbons (Fsp3) is 0.625. The SMILES string of the molecule is COOC(=CC(OOC)(OOC)OC(=O)O)OOC. The molecular formula is C8H14O11. The number of carbonyl (C=O) groups is 1. The van der Waals surface area contributed by atoms with Crippen LogP contribution in [0, 0.1) is 0 Å².